The van der Waals surface area contributed by atoms with Crippen LogP contribution in [0.4, 0.5) is 0 Å². The fourth-order valence-electron chi connectivity index (χ4n) is 8.23. The van der Waals surface area contributed by atoms with Gasteiger partial charge in [-0.1, -0.05) is 53.7 Å². The highest BCUT2D eigenvalue weighted by atomic mass is 16.5. The highest BCUT2D eigenvalue weighted by Gasteiger charge is 2.69. The van der Waals surface area contributed by atoms with Crippen LogP contribution in [0, 0.1) is 40.4 Å². The third kappa shape index (κ3) is 3.87. The fraction of sp³-hybridized carbons (Fsp3) is 0.800. The number of hydrogen-bond acceptors (Lipinski definition) is 5. The summed E-state index contributed by atoms with van der Waals surface area (Å²) >= 11 is 0. The van der Waals surface area contributed by atoms with Crippen molar-refractivity contribution in [3.63, 3.8) is 0 Å². The van der Waals surface area contributed by atoms with E-state index in [1.165, 1.54) is 6.92 Å². The molecule has 0 bridgehead atoms. The minimum Gasteiger partial charge on any atom is -0.462 e. The molecule has 2 N–H and O–H groups in total. The van der Waals surface area contributed by atoms with Gasteiger partial charge in [-0.3, -0.25) is 9.59 Å². The van der Waals surface area contributed by atoms with Crippen molar-refractivity contribution in [1.82, 2.24) is 0 Å². The summed E-state index contributed by atoms with van der Waals surface area (Å²) in [5.74, 6) is 1.03. The summed E-state index contributed by atoms with van der Waals surface area (Å²) in [4.78, 5) is 25.1. The largest absolute Gasteiger partial charge is 0.462 e. The Balaban J connectivity index is 1.65. The maximum atomic E-state index is 13.5. The molecule has 35 heavy (non-hydrogen) atoms. The van der Waals surface area contributed by atoms with E-state index in [0.717, 1.165) is 24.8 Å². The Bertz CT molecular complexity index is 935. The van der Waals surface area contributed by atoms with Crippen molar-refractivity contribution < 1.29 is 24.5 Å². The van der Waals surface area contributed by atoms with Gasteiger partial charge in [0.1, 0.15) is 11.7 Å². The van der Waals surface area contributed by atoms with Crippen molar-refractivity contribution in [2.75, 3.05) is 0 Å². The fourth-order valence-corrected chi connectivity index (χ4v) is 8.23. The molecule has 0 unspecified atom stereocenters. The lowest BCUT2D eigenvalue weighted by molar-refractivity contribution is -0.194. The number of carbonyl (C=O) groups excluding carboxylic acids is 2. The number of rotatable bonds is 5. The lowest BCUT2D eigenvalue weighted by atomic mass is 9.44. The first-order valence-electron chi connectivity index (χ1n) is 13.8. The van der Waals surface area contributed by atoms with Gasteiger partial charge < -0.3 is 14.9 Å². The molecular weight excluding hydrogens is 440 g/mol. The molecule has 0 aromatic heterocycles. The normalized spacial score (nSPS) is 44.9. The second-order valence-corrected chi connectivity index (χ2v) is 13.1. The molecule has 5 nitrogen and oxygen atoms in total. The van der Waals surface area contributed by atoms with Gasteiger partial charge in [0.05, 0.1) is 5.60 Å². The quantitative estimate of drug-likeness (QED) is 0.402. The van der Waals surface area contributed by atoms with Gasteiger partial charge in [0, 0.05) is 24.2 Å². The van der Waals surface area contributed by atoms with Crippen molar-refractivity contribution in [1.29, 1.82) is 0 Å². The van der Waals surface area contributed by atoms with Crippen LogP contribution in [0.5, 0.6) is 0 Å². The molecule has 0 heterocycles. The summed E-state index contributed by atoms with van der Waals surface area (Å²) in [6.07, 6.45) is 10.5. The predicted octanol–water partition coefficient (Wildman–Crippen LogP) is 5.39. The second-order valence-electron chi connectivity index (χ2n) is 13.1. The SMILES string of the molecule is CC(=O)O[C@H]1CC[C@]2(C)[C@H]3CC[C@]4(C)[C@@H]([C@H](C)/C=C/[C@H](C)C(C)C)CC[C@@]4(O)C3=CC(=O)[C@@]2(O)C1. The summed E-state index contributed by atoms with van der Waals surface area (Å²) in [6.45, 7) is 14.6. The van der Waals surface area contributed by atoms with Crippen LogP contribution in [0.2, 0.25) is 0 Å². The number of ketones is 1. The van der Waals surface area contributed by atoms with E-state index in [1.54, 1.807) is 6.08 Å². The van der Waals surface area contributed by atoms with Crippen LogP contribution in [0.1, 0.15) is 93.4 Å². The van der Waals surface area contributed by atoms with Gasteiger partial charge in [-0.2, -0.15) is 0 Å². The number of carbonyl (C=O) groups is 2. The first kappa shape index (κ1) is 26.6. The Labute approximate surface area is 211 Å². The minimum atomic E-state index is -1.56. The molecule has 5 heteroatoms. The molecule has 0 amide bonds. The van der Waals surface area contributed by atoms with E-state index in [2.05, 4.69) is 46.8 Å². The molecular formula is C30H46O5. The summed E-state index contributed by atoms with van der Waals surface area (Å²) < 4.78 is 5.41. The number of fused-ring (bicyclic) bond motifs is 5. The van der Waals surface area contributed by atoms with Gasteiger partial charge in [0.15, 0.2) is 5.78 Å². The molecule has 3 saturated carbocycles. The molecule has 4 aliphatic carbocycles. The molecule has 4 aliphatic rings. The number of ether oxygens (including phenoxy) is 1. The zero-order valence-electron chi connectivity index (χ0n) is 22.8. The van der Waals surface area contributed by atoms with E-state index in [0.29, 0.717) is 42.9 Å². The van der Waals surface area contributed by atoms with Crippen LogP contribution >= 0.6 is 0 Å². The van der Waals surface area contributed by atoms with Gasteiger partial charge in [-0.15, -0.1) is 0 Å². The van der Waals surface area contributed by atoms with Gasteiger partial charge in [-0.05, 0) is 79.8 Å². The molecule has 0 radical (unpaired) electrons. The van der Waals surface area contributed by atoms with E-state index >= 15 is 0 Å². The monoisotopic (exact) mass is 486 g/mol. The Hall–Kier alpha value is -1.46. The van der Waals surface area contributed by atoms with Crippen molar-refractivity contribution in [2.45, 2.75) is 111 Å². The van der Waals surface area contributed by atoms with Crippen LogP contribution in [0.3, 0.4) is 0 Å². The van der Waals surface area contributed by atoms with Gasteiger partial charge >= 0.3 is 5.97 Å². The first-order valence-corrected chi connectivity index (χ1v) is 13.8. The molecule has 0 spiro atoms. The van der Waals surface area contributed by atoms with Gasteiger partial charge in [0.25, 0.3) is 0 Å². The topological polar surface area (TPSA) is 83.8 Å². The highest BCUT2D eigenvalue weighted by molar-refractivity contribution is 6.00. The Morgan fingerprint density at radius 2 is 1.66 bits per heavy atom. The van der Waals surface area contributed by atoms with E-state index in [9.17, 15) is 19.8 Å². The third-order valence-corrected chi connectivity index (χ3v) is 11.0. The van der Waals surface area contributed by atoms with Gasteiger partial charge in [-0.25, -0.2) is 0 Å². The third-order valence-electron chi connectivity index (χ3n) is 11.0. The lowest BCUT2D eigenvalue weighted by Crippen LogP contribution is -2.66. The molecule has 3 fully saturated rings. The zero-order valence-corrected chi connectivity index (χ0v) is 22.8. The van der Waals surface area contributed by atoms with Gasteiger partial charge in [0.2, 0.25) is 0 Å². The molecule has 196 valence electrons. The molecule has 0 aromatic rings. The van der Waals surface area contributed by atoms with Crippen molar-refractivity contribution in [2.24, 2.45) is 40.4 Å². The standard InChI is InChI=1S/C30H46O5/c1-18(2)19(3)8-9-20(4)23-12-15-29(33)25-16-26(32)30(34)17-22(35-21(5)31)10-13-28(30,7)24(25)11-14-27(23,29)6/h8-9,16,18-20,22-24,33-34H,10-15,17H2,1-7H3/b9-8+/t19-,20+,22-,23+,24-,27+,28+,29+,30-/m0/s1. The van der Waals surface area contributed by atoms with E-state index < -0.39 is 22.7 Å². The van der Waals surface area contributed by atoms with Crippen LogP contribution in [-0.2, 0) is 14.3 Å². The van der Waals surface area contributed by atoms with Crippen LogP contribution in [0.25, 0.3) is 0 Å². The Morgan fingerprint density at radius 3 is 2.29 bits per heavy atom. The molecule has 0 aliphatic heterocycles. The molecule has 0 saturated heterocycles. The summed E-state index contributed by atoms with van der Waals surface area (Å²) in [5, 5.41) is 24.1. The molecule has 4 rings (SSSR count). The number of hydrogen-bond donors (Lipinski definition) is 2. The van der Waals surface area contributed by atoms with Crippen molar-refractivity contribution in [3.8, 4) is 0 Å². The summed E-state index contributed by atoms with van der Waals surface area (Å²) in [6, 6.07) is 0. The maximum absolute atomic E-state index is 13.5. The average molecular weight is 487 g/mol. The summed E-state index contributed by atoms with van der Waals surface area (Å²) in [5.41, 5.74) is -2.72. The van der Waals surface area contributed by atoms with E-state index in [1.807, 2.05) is 6.92 Å². The van der Waals surface area contributed by atoms with Crippen LogP contribution < -0.4 is 0 Å². The number of allylic oxidation sites excluding steroid dienone is 2. The summed E-state index contributed by atoms with van der Waals surface area (Å²) in [7, 11) is 0. The van der Waals surface area contributed by atoms with Crippen LogP contribution in [0.15, 0.2) is 23.8 Å². The van der Waals surface area contributed by atoms with Crippen LogP contribution in [-0.4, -0.2) is 39.3 Å². The van der Waals surface area contributed by atoms with Crippen molar-refractivity contribution in [3.05, 3.63) is 23.8 Å². The number of aliphatic hydroxyl groups is 2. The lowest BCUT2D eigenvalue weighted by Gasteiger charge is -2.62. The number of esters is 1. The van der Waals surface area contributed by atoms with E-state index in [-0.39, 0.29) is 29.5 Å². The Morgan fingerprint density at radius 1 is 1.00 bits per heavy atom. The maximum Gasteiger partial charge on any atom is 0.302 e. The second kappa shape index (κ2) is 8.83. The zero-order chi connectivity index (χ0) is 26.0. The first-order chi connectivity index (χ1) is 16.2. The smallest absolute Gasteiger partial charge is 0.302 e. The average Bonchev–Trinajstić information content (AvgIpc) is 3.05. The Kier molecular flexibility index (Phi) is 6.71. The molecule has 0 aromatic carbocycles. The molecule has 9 atom stereocenters. The predicted molar refractivity (Wildman–Crippen MR) is 136 cm³/mol. The minimum absolute atomic E-state index is 0.0490. The van der Waals surface area contributed by atoms with E-state index in [4.69, 9.17) is 4.74 Å². The highest BCUT2D eigenvalue weighted by Crippen LogP contribution is 2.68. The van der Waals surface area contributed by atoms with Crippen molar-refractivity contribution >= 4 is 11.8 Å².